The fraction of sp³-hybridized carbons (Fsp3) is 0.100. The molecule has 2 aromatic heterocycles. The number of nitrogens with zero attached hydrogens (tertiary/aromatic N) is 2. The SMILES string of the molecule is O=C(Cc1cccs1)c1ccncn1. The summed E-state index contributed by atoms with van der Waals surface area (Å²) in [6.45, 7) is 0. The minimum atomic E-state index is 0.0369. The zero-order chi connectivity index (χ0) is 9.80. The first-order valence-electron chi connectivity index (χ1n) is 4.18. The number of ketones is 1. The lowest BCUT2D eigenvalue weighted by molar-refractivity contribution is 0.0989. The lowest BCUT2D eigenvalue weighted by Gasteiger charge is -1.96. The molecule has 2 aromatic rings. The van der Waals surface area contributed by atoms with Crippen molar-refractivity contribution < 1.29 is 4.79 Å². The molecule has 0 radical (unpaired) electrons. The van der Waals surface area contributed by atoms with E-state index in [0.29, 0.717) is 12.1 Å². The van der Waals surface area contributed by atoms with Crippen molar-refractivity contribution in [2.75, 3.05) is 0 Å². The van der Waals surface area contributed by atoms with Crippen LogP contribution in [0.5, 0.6) is 0 Å². The second-order valence-corrected chi connectivity index (χ2v) is 3.81. The molecule has 0 saturated heterocycles. The van der Waals surface area contributed by atoms with Gasteiger partial charge in [0.05, 0.1) is 0 Å². The van der Waals surface area contributed by atoms with E-state index in [9.17, 15) is 4.79 Å². The average molecular weight is 204 g/mol. The van der Waals surface area contributed by atoms with Crippen molar-refractivity contribution >= 4 is 17.1 Å². The molecule has 0 saturated carbocycles. The normalized spacial score (nSPS) is 10.0. The molecule has 0 aromatic carbocycles. The largest absolute Gasteiger partial charge is 0.292 e. The molecule has 70 valence electrons. The summed E-state index contributed by atoms with van der Waals surface area (Å²) in [5, 5.41) is 1.96. The van der Waals surface area contributed by atoms with Gasteiger partial charge in [-0.05, 0) is 17.5 Å². The zero-order valence-electron chi connectivity index (χ0n) is 7.38. The van der Waals surface area contributed by atoms with Crippen molar-refractivity contribution in [1.29, 1.82) is 0 Å². The van der Waals surface area contributed by atoms with Gasteiger partial charge in [-0.2, -0.15) is 0 Å². The molecule has 0 bridgehead atoms. The minimum Gasteiger partial charge on any atom is -0.292 e. The van der Waals surface area contributed by atoms with Gasteiger partial charge in [-0.25, -0.2) is 9.97 Å². The van der Waals surface area contributed by atoms with Crippen LogP contribution in [-0.4, -0.2) is 15.8 Å². The van der Waals surface area contributed by atoms with Crippen LogP contribution in [0.15, 0.2) is 36.1 Å². The number of carbonyl (C=O) groups excluding carboxylic acids is 1. The number of rotatable bonds is 3. The van der Waals surface area contributed by atoms with E-state index >= 15 is 0 Å². The number of thiophene rings is 1. The third-order valence-corrected chi connectivity index (χ3v) is 2.66. The Bertz CT molecular complexity index is 411. The summed E-state index contributed by atoms with van der Waals surface area (Å²) >= 11 is 1.58. The molecule has 0 spiro atoms. The summed E-state index contributed by atoms with van der Waals surface area (Å²) in [4.78, 5) is 20.4. The van der Waals surface area contributed by atoms with Crippen molar-refractivity contribution in [2.45, 2.75) is 6.42 Å². The number of aromatic nitrogens is 2. The van der Waals surface area contributed by atoms with Gasteiger partial charge >= 0.3 is 0 Å². The maximum Gasteiger partial charge on any atom is 0.186 e. The first kappa shape index (κ1) is 9.02. The summed E-state index contributed by atoms with van der Waals surface area (Å²) < 4.78 is 0. The van der Waals surface area contributed by atoms with Gasteiger partial charge in [-0.15, -0.1) is 11.3 Å². The Morgan fingerprint density at radius 3 is 3.00 bits per heavy atom. The van der Waals surface area contributed by atoms with Crippen molar-refractivity contribution in [1.82, 2.24) is 9.97 Å². The molecule has 0 unspecified atom stereocenters. The maximum absolute atomic E-state index is 11.6. The smallest absolute Gasteiger partial charge is 0.186 e. The summed E-state index contributed by atoms with van der Waals surface area (Å²) in [5.41, 5.74) is 0.480. The molecule has 0 fully saturated rings. The van der Waals surface area contributed by atoms with Crippen LogP contribution in [0, 0.1) is 0 Å². The van der Waals surface area contributed by atoms with E-state index < -0.39 is 0 Å². The van der Waals surface area contributed by atoms with Crippen LogP contribution in [0.4, 0.5) is 0 Å². The predicted octanol–water partition coefficient (Wildman–Crippen LogP) is 1.96. The van der Waals surface area contributed by atoms with E-state index in [0.717, 1.165) is 4.88 Å². The van der Waals surface area contributed by atoms with Crippen LogP contribution < -0.4 is 0 Å². The summed E-state index contributed by atoms with van der Waals surface area (Å²) in [6, 6.07) is 5.52. The lowest BCUT2D eigenvalue weighted by atomic mass is 10.2. The Kier molecular flexibility index (Phi) is 2.65. The van der Waals surface area contributed by atoms with Crippen molar-refractivity contribution in [3.05, 3.63) is 46.7 Å². The fourth-order valence-corrected chi connectivity index (χ4v) is 1.82. The zero-order valence-corrected chi connectivity index (χ0v) is 8.20. The molecular formula is C10H8N2OS. The molecule has 0 atom stereocenters. The molecule has 3 nitrogen and oxygen atoms in total. The van der Waals surface area contributed by atoms with Gasteiger partial charge in [0, 0.05) is 17.5 Å². The topological polar surface area (TPSA) is 42.9 Å². The van der Waals surface area contributed by atoms with Crippen molar-refractivity contribution in [2.24, 2.45) is 0 Å². The fourth-order valence-electron chi connectivity index (χ4n) is 1.12. The average Bonchev–Trinajstić information content (AvgIpc) is 2.72. The van der Waals surface area contributed by atoms with E-state index in [1.165, 1.54) is 6.33 Å². The van der Waals surface area contributed by atoms with E-state index in [4.69, 9.17) is 0 Å². The maximum atomic E-state index is 11.6. The highest BCUT2D eigenvalue weighted by Crippen LogP contribution is 2.11. The lowest BCUT2D eigenvalue weighted by Crippen LogP contribution is -2.04. The number of hydrogen-bond donors (Lipinski definition) is 0. The van der Waals surface area contributed by atoms with Crippen LogP contribution in [0.1, 0.15) is 15.4 Å². The van der Waals surface area contributed by atoms with Crippen LogP contribution in [0.2, 0.25) is 0 Å². The van der Waals surface area contributed by atoms with E-state index in [2.05, 4.69) is 9.97 Å². The van der Waals surface area contributed by atoms with Crippen molar-refractivity contribution in [3.8, 4) is 0 Å². The van der Waals surface area contributed by atoms with Gasteiger partial charge in [0.15, 0.2) is 5.78 Å². The monoisotopic (exact) mass is 204 g/mol. The van der Waals surface area contributed by atoms with Crippen LogP contribution in [0.25, 0.3) is 0 Å². The number of Topliss-reactive ketones (excluding diaryl/α,β-unsaturated/α-hetero) is 1. The highest BCUT2D eigenvalue weighted by Gasteiger charge is 2.07. The Morgan fingerprint density at radius 1 is 1.43 bits per heavy atom. The first-order chi connectivity index (χ1) is 6.86. The molecule has 0 N–H and O–H groups in total. The highest BCUT2D eigenvalue weighted by atomic mass is 32.1. The molecule has 14 heavy (non-hydrogen) atoms. The molecule has 2 rings (SSSR count). The minimum absolute atomic E-state index is 0.0369. The van der Waals surface area contributed by atoms with Gasteiger partial charge in [0.1, 0.15) is 12.0 Å². The standard InChI is InChI=1S/C10H8N2OS/c13-10(6-8-2-1-5-14-8)9-3-4-11-7-12-9/h1-5,7H,6H2. The number of hydrogen-bond acceptors (Lipinski definition) is 4. The van der Waals surface area contributed by atoms with Crippen LogP contribution in [-0.2, 0) is 6.42 Å². The quantitative estimate of drug-likeness (QED) is 0.718. The Labute approximate surface area is 85.5 Å². The Balaban J connectivity index is 2.11. The van der Waals surface area contributed by atoms with E-state index in [1.807, 2.05) is 17.5 Å². The third-order valence-electron chi connectivity index (χ3n) is 1.78. The summed E-state index contributed by atoms with van der Waals surface area (Å²) in [7, 11) is 0. The van der Waals surface area contributed by atoms with Gasteiger partial charge in [-0.3, -0.25) is 4.79 Å². The predicted molar refractivity (Wildman–Crippen MR) is 54.4 cm³/mol. The van der Waals surface area contributed by atoms with Gasteiger partial charge in [0.2, 0.25) is 0 Å². The Hall–Kier alpha value is -1.55. The van der Waals surface area contributed by atoms with Gasteiger partial charge in [-0.1, -0.05) is 6.07 Å². The van der Waals surface area contributed by atoms with Gasteiger partial charge < -0.3 is 0 Å². The second kappa shape index (κ2) is 4.11. The summed E-state index contributed by atoms with van der Waals surface area (Å²) in [5.74, 6) is 0.0369. The van der Waals surface area contributed by atoms with E-state index in [-0.39, 0.29) is 5.78 Å². The molecule has 2 heterocycles. The Morgan fingerprint density at radius 2 is 2.36 bits per heavy atom. The molecule has 0 aliphatic heterocycles. The molecule has 0 aliphatic carbocycles. The third kappa shape index (κ3) is 2.03. The first-order valence-corrected chi connectivity index (χ1v) is 5.06. The number of carbonyl (C=O) groups is 1. The second-order valence-electron chi connectivity index (χ2n) is 2.77. The van der Waals surface area contributed by atoms with Crippen molar-refractivity contribution in [3.63, 3.8) is 0 Å². The van der Waals surface area contributed by atoms with E-state index in [1.54, 1.807) is 23.6 Å². The molecule has 0 aliphatic rings. The van der Waals surface area contributed by atoms with Crippen LogP contribution >= 0.6 is 11.3 Å². The van der Waals surface area contributed by atoms with Gasteiger partial charge in [0.25, 0.3) is 0 Å². The van der Waals surface area contributed by atoms with Crippen LogP contribution in [0.3, 0.4) is 0 Å². The molecule has 0 amide bonds. The summed E-state index contributed by atoms with van der Waals surface area (Å²) in [6.07, 6.45) is 3.39. The highest BCUT2D eigenvalue weighted by molar-refractivity contribution is 7.10. The molecular weight excluding hydrogens is 196 g/mol. The molecule has 4 heteroatoms.